The van der Waals surface area contributed by atoms with Gasteiger partial charge < -0.3 is 15.1 Å². The van der Waals surface area contributed by atoms with Gasteiger partial charge in [-0.05, 0) is 44.3 Å². The maximum atomic E-state index is 12.5. The molecule has 1 aromatic carbocycles. The monoisotopic (exact) mass is 317 g/mol. The molecule has 1 fully saturated rings. The minimum absolute atomic E-state index is 0.293. The number of likely N-dealkylation sites (tertiary alicyclic amines) is 1. The summed E-state index contributed by atoms with van der Waals surface area (Å²) in [6, 6.07) is 7.56. The summed E-state index contributed by atoms with van der Waals surface area (Å²) in [5.41, 5.74) is 1.92. The Hall–Kier alpha value is -1.11. The molecule has 6 heteroatoms. The molecule has 3 nitrogen and oxygen atoms in total. The van der Waals surface area contributed by atoms with Gasteiger partial charge in [0.05, 0.1) is 6.10 Å². The number of hydrogen-bond acceptors (Lipinski definition) is 3. The first-order chi connectivity index (χ1) is 10.3. The molecule has 0 bridgehead atoms. The molecule has 2 atom stereocenters. The normalized spacial score (nSPS) is 20.8. The summed E-state index contributed by atoms with van der Waals surface area (Å²) < 4.78 is 37.5. The second kappa shape index (κ2) is 6.98. The lowest BCUT2D eigenvalue weighted by molar-refractivity contribution is -0.223. The summed E-state index contributed by atoms with van der Waals surface area (Å²) >= 11 is 0. The van der Waals surface area contributed by atoms with Crippen molar-refractivity contribution in [2.24, 2.45) is 5.92 Å². The number of aliphatic hydroxyl groups excluding tert-OH is 2. The van der Waals surface area contributed by atoms with E-state index >= 15 is 0 Å². The number of rotatable bonds is 4. The van der Waals surface area contributed by atoms with Crippen LogP contribution in [-0.2, 0) is 0 Å². The molecule has 2 unspecified atom stereocenters. The van der Waals surface area contributed by atoms with Crippen LogP contribution in [0.3, 0.4) is 0 Å². The first kappa shape index (κ1) is 17.2. The van der Waals surface area contributed by atoms with E-state index < -0.39 is 24.3 Å². The van der Waals surface area contributed by atoms with Gasteiger partial charge in [0.1, 0.15) is 0 Å². The molecule has 1 aliphatic heterocycles. The Kier molecular flexibility index (Phi) is 5.47. The van der Waals surface area contributed by atoms with Crippen LogP contribution in [0, 0.1) is 12.8 Å². The Labute approximate surface area is 128 Å². The van der Waals surface area contributed by atoms with Gasteiger partial charge in [-0.15, -0.1) is 0 Å². The van der Waals surface area contributed by atoms with E-state index in [4.69, 9.17) is 0 Å². The molecule has 1 aliphatic rings. The number of nitrogens with zero attached hydrogens (tertiary/aromatic N) is 1. The smallest absolute Gasteiger partial charge is 0.387 e. The molecular formula is C16H22F3NO2. The van der Waals surface area contributed by atoms with Crippen molar-refractivity contribution in [3.8, 4) is 0 Å². The average Bonchev–Trinajstić information content (AvgIpc) is 2.47. The van der Waals surface area contributed by atoms with Crippen molar-refractivity contribution < 1.29 is 23.4 Å². The van der Waals surface area contributed by atoms with Gasteiger partial charge in [0, 0.05) is 6.54 Å². The van der Waals surface area contributed by atoms with Gasteiger partial charge >= 0.3 is 6.18 Å². The van der Waals surface area contributed by atoms with Crippen LogP contribution in [0.5, 0.6) is 0 Å². The van der Waals surface area contributed by atoms with E-state index in [2.05, 4.69) is 0 Å². The van der Waals surface area contributed by atoms with Crippen molar-refractivity contribution in [3.05, 3.63) is 35.4 Å². The third kappa shape index (κ3) is 4.44. The molecule has 2 rings (SSSR count). The van der Waals surface area contributed by atoms with Crippen LogP contribution < -0.4 is 0 Å². The Bertz CT molecular complexity index is 467. The molecule has 0 spiro atoms. The zero-order chi connectivity index (χ0) is 16.3. The van der Waals surface area contributed by atoms with Crippen LogP contribution in [0.4, 0.5) is 13.2 Å². The van der Waals surface area contributed by atoms with Crippen molar-refractivity contribution >= 4 is 0 Å². The highest BCUT2D eigenvalue weighted by atomic mass is 19.4. The Balaban J connectivity index is 1.83. The molecule has 0 aromatic heterocycles. The number of aliphatic hydroxyl groups is 2. The summed E-state index contributed by atoms with van der Waals surface area (Å²) in [6.45, 7) is 3.28. The van der Waals surface area contributed by atoms with E-state index in [-0.39, 0.29) is 0 Å². The number of benzene rings is 1. The number of piperidine rings is 1. The summed E-state index contributed by atoms with van der Waals surface area (Å²) in [5.74, 6) is -0.743. The quantitative estimate of drug-likeness (QED) is 0.897. The molecule has 2 N–H and O–H groups in total. The molecule has 22 heavy (non-hydrogen) atoms. The maximum absolute atomic E-state index is 12.5. The van der Waals surface area contributed by atoms with E-state index in [0.717, 1.165) is 11.1 Å². The Morgan fingerprint density at radius 3 is 2.18 bits per heavy atom. The number of β-amino-alcohol motifs (C(OH)–C–C–N with tert-alkyl or cyclic N) is 1. The molecule has 0 saturated carbocycles. The summed E-state index contributed by atoms with van der Waals surface area (Å²) in [7, 11) is 0. The average molecular weight is 317 g/mol. The van der Waals surface area contributed by atoms with E-state index in [1.807, 2.05) is 36.1 Å². The highest BCUT2D eigenvalue weighted by Crippen LogP contribution is 2.32. The molecule has 1 saturated heterocycles. The maximum Gasteiger partial charge on any atom is 0.414 e. The van der Waals surface area contributed by atoms with E-state index in [1.54, 1.807) is 0 Å². The molecule has 0 radical (unpaired) electrons. The Morgan fingerprint density at radius 1 is 1.14 bits per heavy atom. The minimum Gasteiger partial charge on any atom is -0.387 e. The largest absolute Gasteiger partial charge is 0.414 e. The second-order valence-electron chi connectivity index (χ2n) is 6.05. The number of alkyl halides is 3. The standard InChI is InChI=1S/C16H22F3NO2/c1-11-2-4-12(5-3-11)14(21)10-20-8-6-13(7-9-20)15(22)16(17,18)19/h2-5,13-15,21-22H,6-10H2,1H3. The van der Waals surface area contributed by atoms with E-state index in [1.165, 1.54) is 0 Å². The van der Waals surface area contributed by atoms with Gasteiger partial charge in [0.15, 0.2) is 6.10 Å². The number of halogens is 3. The van der Waals surface area contributed by atoms with Gasteiger partial charge in [-0.1, -0.05) is 29.8 Å². The predicted octanol–water partition coefficient (Wildman–Crippen LogP) is 2.66. The van der Waals surface area contributed by atoms with Crippen LogP contribution in [0.25, 0.3) is 0 Å². The zero-order valence-corrected chi connectivity index (χ0v) is 12.6. The molecule has 0 aliphatic carbocycles. The first-order valence-electron chi connectivity index (χ1n) is 7.49. The number of hydrogen-bond donors (Lipinski definition) is 2. The summed E-state index contributed by atoms with van der Waals surface area (Å²) in [5, 5.41) is 19.5. The second-order valence-corrected chi connectivity index (χ2v) is 6.05. The summed E-state index contributed by atoms with van der Waals surface area (Å²) in [4.78, 5) is 1.95. The third-order valence-electron chi connectivity index (χ3n) is 4.31. The van der Waals surface area contributed by atoms with E-state index in [9.17, 15) is 23.4 Å². The van der Waals surface area contributed by atoms with Crippen LogP contribution in [0.2, 0.25) is 0 Å². The molecular weight excluding hydrogens is 295 g/mol. The molecule has 0 amide bonds. The molecule has 1 aromatic rings. The zero-order valence-electron chi connectivity index (χ0n) is 12.6. The summed E-state index contributed by atoms with van der Waals surface area (Å²) in [6.07, 6.45) is -6.85. The van der Waals surface area contributed by atoms with Crippen LogP contribution in [-0.4, -0.2) is 47.0 Å². The van der Waals surface area contributed by atoms with Gasteiger partial charge in [-0.25, -0.2) is 0 Å². The fraction of sp³-hybridized carbons (Fsp3) is 0.625. The van der Waals surface area contributed by atoms with Crippen molar-refractivity contribution in [1.29, 1.82) is 0 Å². The SMILES string of the molecule is Cc1ccc(C(O)CN2CCC(C(O)C(F)(F)F)CC2)cc1. The fourth-order valence-electron chi connectivity index (χ4n) is 2.86. The van der Waals surface area contributed by atoms with Gasteiger partial charge in [-0.2, -0.15) is 13.2 Å². The van der Waals surface area contributed by atoms with Crippen LogP contribution >= 0.6 is 0 Å². The third-order valence-corrected chi connectivity index (χ3v) is 4.31. The lowest BCUT2D eigenvalue weighted by Gasteiger charge is -2.35. The van der Waals surface area contributed by atoms with Gasteiger partial charge in [0.2, 0.25) is 0 Å². The minimum atomic E-state index is -4.55. The lowest BCUT2D eigenvalue weighted by atomic mass is 9.90. The first-order valence-corrected chi connectivity index (χ1v) is 7.49. The van der Waals surface area contributed by atoms with Crippen molar-refractivity contribution in [2.45, 2.75) is 38.1 Å². The van der Waals surface area contributed by atoms with Crippen LogP contribution in [0.15, 0.2) is 24.3 Å². The number of aryl methyl sites for hydroxylation is 1. The topological polar surface area (TPSA) is 43.7 Å². The predicted molar refractivity (Wildman–Crippen MR) is 77.4 cm³/mol. The Morgan fingerprint density at radius 2 is 1.68 bits per heavy atom. The van der Waals surface area contributed by atoms with Crippen molar-refractivity contribution in [2.75, 3.05) is 19.6 Å². The van der Waals surface area contributed by atoms with Gasteiger partial charge in [0.25, 0.3) is 0 Å². The van der Waals surface area contributed by atoms with Crippen molar-refractivity contribution in [3.63, 3.8) is 0 Å². The molecule has 124 valence electrons. The fourth-order valence-corrected chi connectivity index (χ4v) is 2.86. The van der Waals surface area contributed by atoms with Gasteiger partial charge in [-0.3, -0.25) is 0 Å². The highest BCUT2D eigenvalue weighted by Gasteiger charge is 2.44. The molecule has 1 heterocycles. The lowest BCUT2D eigenvalue weighted by Crippen LogP contribution is -2.44. The van der Waals surface area contributed by atoms with Crippen molar-refractivity contribution in [1.82, 2.24) is 4.90 Å². The van der Waals surface area contributed by atoms with Crippen LogP contribution in [0.1, 0.15) is 30.1 Å². The highest BCUT2D eigenvalue weighted by molar-refractivity contribution is 5.23. The van der Waals surface area contributed by atoms with E-state index in [0.29, 0.717) is 32.5 Å².